The number of thiophene rings is 1. The van der Waals surface area contributed by atoms with E-state index >= 15 is 0 Å². The number of hydrogen-bond donors (Lipinski definition) is 1. The third-order valence-electron chi connectivity index (χ3n) is 3.28. The van der Waals surface area contributed by atoms with Crippen molar-refractivity contribution in [2.75, 3.05) is 13.6 Å². The van der Waals surface area contributed by atoms with E-state index in [1.807, 2.05) is 26.8 Å². The van der Waals surface area contributed by atoms with E-state index in [1.165, 1.54) is 15.6 Å². The number of aryl methyl sites for hydroxylation is 1. The second-order valence-corrected chi connectivity index (χ2v) is 8.54. The van der Waals surface area contributed by atoms with Gasteiger partial charge in [-0.05, 0) is 30.9 Å². The van der Waals surface area contributed by atoms with Crippen LogP contribution in [-0.2, 0) is 16.4 Å². The lowest BCUT2D eigenvalue weighted by atomic mass is 10.0. The summed E-state index contributed by atoms with van der Waals surface area (Å²) in [7, 11) is -1.73. The Bertz CT molecular complexity index is 494. The van der Waals surface area contributed by atoms with Gasteiger partial charge in [0.2, 0.25) is 0 Å². The smallest absolute Gasteiger partial charge is 0.252 e. The molecule has 1 aromatic heterocycles. The lowest BCUT2D eigenvalue weighted by Gasteiger charge is -2.20. The number of nitrogens with two attached hydrogens (primary N) is 1. The van der Waals surface area contributed by atoms with Gasteiger partial charge in [0, 0.05) is 24.5 Å². The molecule has 0 aromatic carbocycles. The molecular weight excluding hydrogens is 280 g/mol. The quantitative estimate of drug-likeness (QED) is 0.840. The lowest BCUT2D eigenvalue weighted by Crippen LogP contribution is -2.34. The Balaban J connectivity index is 2.71. The van der Waals surface area contributed by atoms with Gasteiger partial charge in [0.1, 0.15) is 4.21 Å². The second-order valence-electron chi connectivity index (χ2n) is 5.10. The zero-order valence-electron chi connectivity index (χ0n) is 12.1. The van der Waals surface area contributed by atoms with Gasteiger partial charge in [-0.2, -0.15) is 0 Å². The molecule has 19 heavy (non-hydrogen) atoms. The third-order valence-corrected chi connectivity index (χ3v) is 6.84. The monoisotopic (exact) mass is 304 g/mol. The van der Waals surface area contributed by atoms with Crippen LogP contribution in [0.5, 0.6) is 0 Å². The highest BCUT2D eigenvalue weighted by Crippen LogP contribution is 2.24. The maximum atomic E-state index is 12.3. The normalized spacial score (nSPS) is 14.3. The van der Waals surface area contributed by atoms with Crippen molar-refractivity contribution in [2.24, 2.45) is 11.7 Å². The van der Waals surface area contributed by atoms with E-state index in [0.29, 0.717) is 23.1 Å². The molecule has 0 aliphatic heterocycles. The minimum atomic E-state index is -3.35. The molecule has 0 radical (unpaired) electrons. The molecule has 6 heteroatoms. The van der Waals surface area contributed by atoms with Crippen molar-refractivity contribution in [3.63, 3.8) is 0 Å². The first-order chi connectivity index (χ1) is 8.78. The van der Waals surface area contributed by atoms with E-state index in [1.54, 1.807) is 13.1 Å². The van der Waals surface area contributed by atoms with Crippen molar-refractivity contribution in [3.05, 3.63) is 17.0 Å². The Morgan fingerprint density at radius 1 is 1.37 bits per heavy atom. The van der Waals surface area contributed by atoms with Crippen LogP contribution in [0, 0.1) is 5.92 Å². The van der Waals surface area contributed by atoms with Crippen molar-refractivity contribution in [1.29, 1.82) is 0 Å². The molecule has 0 fully saturated rings. The fourth-order valence-electron chi connectivity index (χ4n) is 1.62. The highest BCUT2D eigenvalue weighted by atomic mass is 32.2. The summed E-state index contributed by atoms with van der Waals surface area (Å²) in [6.07, 6.45) is 1.54. The van der Waals surface area contributed by atoms with Crippen molar-refractivity contribution in [3.8, 4) is 0 Å². The third kappa shape index (κ3) is 4.27. The van der Waals surface area contributed by atoms with Crippen LogP contribution in [0.2, 0.25) is 0 Å². The largest absolute Gasteiger partial charge is 0.327 e. The Hall–Kier alpha value is -0.430. The van der Waals surface area contributed by atoms with Gasteiger partial charge < -0.3 is 5.73 Å². The molecule has 2 N–H and O–H groups in total. The molecule has 0 saturated heterocycles. The van der Waals surface area contributed by atoms with Gasteiger partial charge in [0.25, 0.3) is 10.0 Å². The number of sulfonamides is 1. The molecule has 1 atom stereocenters. The van der Waals surface area contributed by atoms with Gasteiger partial charge in [-0.15, -0.1) is 11.3 Å². The van der Waals surface area contributed by atoms with Crippen molar-refractivity contribution < 1.29 is 8.42 Å². The molecule has 0 aliphatic rings. The van der Waals surface area contributed by atoms with E-state index in [9.17, 15) is 8.42 Å². The number of nitrogens with zero attached hydrogens (tertiary/aromatic N) is 1. The summed E-state index contributed by atoms with van der Waals surface area (Å²) in [5.41, 5.74) is 5.95. The topological polar surface area (TPSA) is 63.4 Å². The van der Waals surface area contributed by atoms with E-state index in [2.05, 4.69) is 0 Å². The highest BCUT2D eigenvalue weighted by Gasteiger charge is 2.23. The molecule has 0 saturated carbocycles. The Morgan fingerprint density at radius 2 is 2.00 bits per heavy atom. The molecule has 0 bridgehead atoms. The van der Waals surface area contributed by atoms with Gasteiger partial charge in [0.15, 0.2) is 0 Å². The van der Waals surface area contributed by atoms with Crippen molar-refractivity contribution >= 4 is 21.4 Å². The van der Waals surface area contributed by atoms with E-state index in [0.717, 1.165) is 11.3 Å². The fourth-order valence-corrected chi connectivity index (χ4v) is 4.32. The minimum Gasteiger partial charge on any atom is -0.327 e. The molecule has 0 spiro atoms. The summed E-state index contributed by atoms with van der Waals surface area (Å²) < 4.78 is 26.5. The van der Waals surface area contributed by atoms with Gasteiger partial charge in [-0.1, -0.05) is 20.8 Å². The molecule has 1 heterocycles. The zero-order valence-corrected chi connectivity index (χ0v) is 13.7. The molecule has 1 aromatic rings. The highest BCUT2D eigenvalue weighted by molar-refractivity contribution is 7.91. The summed E-state index contributed by atoms with van der Waals surface area (Å²) in [5, 5.41) is 0. The predicted molar refractivity (Wildman–Crippen MR) is 80.9 cm³/mol. The standard InChI is InChI=1S/C13H24N2O2S2/c1-5-11-6-7-13(18-11)19(16,17)15(4)9-8-12(14)10(2)3/h6-7,10,12H,5,8-9,14H2,1-4H3. The van der Waals surface area contributed by atoms with Crippen LogP contribution in [0.4, 0.5) is 0 Å². The summed E-state index contributed by atoms with van der Waals surface area (Å²) in [5.74, 6) is 0.365. The molecule has 110 valence electrons. The maximum Gasteiger partial charge on any atom is 0.252 e. The summed E-state index contributed by atoms with van der Waals surface area (Å²) in [6, 6.07) is 3.61. The summed E-state index contributed by atoms with van der Waals surface area (Å²) in [6.45, 7) is 6.58. The van der Waals surface area contributed by atoms with Gasteiger partial charge in [0.05, 0.1) is 0 Å². The SMILES string of the molecule is CCc1ccc(S(=O)(=O)N(C)CCC(N)C(C)C)s1. The van der Waals surface area contributed by atoms with E-state index in [-0.39, 0.29) is 6.04 Å². The number of rotatable bonds is 7. The van der Waals surface area contributed by atoms with E-state index in [4.69, 9.17) is 5.73 Å². The van der Waals surface area contributed by atoms with Crippen LogP contribution in [0.15, 0.2) is 16.3 Å². The van der Waals surface area contributed by atoms with Crippen LogP contribution >= 0.6 is 11.3 Å². The van der Waals surface area contributed by atoms with Crippen LogP contribution < -0.4 is 5.73 Å². The summed E-state index contributed by atoms with van der Waals surface area (Å²) in [4.78, 5) is 1.09. The maximum absolute atomic E-state index is 12.3. The van der Waals surface area contributed by atoms with E-state index < -0.39 is 10.0 Å². The predicted octanol–water partition coefficient (Wildman–Crippen LogP) is 2.30. The second kappa shape index (κ2) is 6.83. The van der Waals surface area contributed by atoms with Crippen LogP contribution in [-0.4, -0.2) is 32.4 Å². The fraction of sp³-hybridized carbons (Fsp3) is 0.692. The van der Waals surface area contributed by atoms with Gasteiger partial charge >= 0.3 is 0 Å². The first-order valence-corrected chi connectivity index (χ1v) is 8.85. The van der Waals surface area contributed by atoms with Crippen LogP contribution in [0.3, 0.4) is 0 Å². The Labute approximate surface area is 120 Å². The van der Waals surface area contributed by atoms with Gasteiger partial charge in [-0.25, -0.2) is 12.7 Å². The zero-order chi connectivity index (χ0) is 14.6. The molecule has 0 aliphatic carbocycles. The average molecular weight is 304 g/mol. The molecule has 0 amide bonds. The number of hydrogen-bond acceptors (Lipinski definition) is 4. The average Bonchev–Trinajstić information content (AvgIpc) is 2.84. The lowest BCUT2D eigenvalue weighted by molar-refractivity contribution is 0.398. The molecular formula is C13H24N2O2S2. The first kappa shape index (κ1) is 16.6. The van der Waals surface area contributed by atoms with Gasteiger partial charge in [-0.3, -0.25) is 0 Å². The van der Waals surface area contributed by atoms with Crippen molar-refractivity contribution in [2.45, 2.75) is 43.9 Å². The van der Waals surface area contributed by atoms with Crippen LogP contribution in [0.1, 0.15) is 32.1 Å². The molecule has 1 unspecified atom stereocenters. The Kier molecular flexibility index (Phi) is 5.98. The first-order valence-electron chi connectivity index (χ1n) is 6.59. The summed E-state index contributed by atoms with van der Waals surface area (Å²) >= 11 is 1.35. The van der Waals surface area contributed by atoms with Crippen LogP contribution in [0.25, 0.3) is 0 Å². The minimum absolute atomic E-state index is 0.0344. The molecule has 1 rings (SSSR count). The Morgan fingerprint density at radius 3 is 2.47 bits per heavy atom. The van der Waals surface area contributed by atoms with Crippen molar-refractivity contribution in [1.82, 2.24) is 4.31 Å². The molecule has 4 nitrogen and oxygen atoms in total.